The molecule has 2 N–H and O–H groups in total. The smallest absolute Gasteiger partial charge is 0.412 e. The van der Waals surface area contributed by atoms with Gasteiger partial charge in [0.1, 0.15) is 11.8 Å². The quantitative estimate of drug-likeness (QED) is 0.304. The van der Waals surface area contributed by atoms with Crippen LogP contribution in [0.15, 0.2) is 71.4 Å². The number of rotatable bonds is 6. The lowest BCUT2D eigenvalue weighted by Gasteiger charge is -2.21. The molecule has 3 aromatic carbocycles. The van der Waals surface area contributed by atoms with Crippen LogP contribution in [0.5, 0.6) is 0 Å². The van der Waals surface area contributed by atoms with Crippen molar-refractivity contribution in [3.05, 3.63) is 94.1 Å². The van der Waals surface area contributed by atoms with Crippen LogP contribution in [0, 0.1) is 0 Å². The third-order valence-electron chi connectivity index (χ3n) is 6.28. The number of halogens is 1. The number of carbonyl (C=O) groups excluding carboxylic acids is 1. The van der Waals surface area contributed by atoms with Gasteiger partial charge in [-0.05, 0) is 59.7 Å². The van der Waals surface area contributed by atoms with Crippen LogP contribution >= 0.6 is 11.6 Å². The monoisotopic (exact) mass is 502 g/mol. The van der Waals surface area contributed by atoms with Crippen molar-refractivity contribution < 1.29 is 24.0 Å². The van der Waals surface area contributed by atoms with Crippen LogP contribution in [0.2, 0.25) is 5.02 Å². The first-order valence-corrected chi connectivity index (χ1v) is 11.9. The van der Waals surface area contributed by atoms with E-state index in [2.05, 4.69) is 10.5 Å². The van der Waals surface area contributed by atoms with Crippen LogP contribution in [0.4, 0.5) is 10.5 Å². The van der Waals surface area contributed by atoms with Crippen LogP contribution in [-0.2, 0) is 28.8 Å². The Kier molecular flexibility index (Phi) is 6.48. The summed E-state index contributed by atoms with van der Waals surface area (Å²) in [5.74, 6) is -0.405. The van der Waals surface area contributed by atoms with E-state index in [-0.39, 0.29) is 6.42 Å². The Balaban J connectivity index is 1.34. The Morgan fingerprint density at radius 2 is 1.81 bits per heavy atom. The molecule has 1 heterocycles. The highest BCUT2D eigenvalue weighted by Gasteiger charge is 2.21. The molecule has 1 aliphatic rings. The summed E-state index contributed by atoms with van der Waals surface area (Å²) in [4.78, 5) is 23.6. The van der Waals surface area contributed by atoms with E-state index in [0.717, 1.165) is 46.2 Å². The number of aromatic nitrogens is 1. The standard InChI is InChI=1S/C28H23ClN2O5/c1-16(21-4-2-3-5-24(21)29)35-28(34)31-25-15-30-36-27(25)20-9-11-23-19(14-20)8-7-18-12-17(13-26(32)33)6-10-22(18)23/h2-6,9-12,14-16H,7-8,13H2,1H3,(H,31,34)(H,32,33). The van der Waals surface area contributed by atoms with Gasteiger partial charge in [0, 0.05) is 16.1 Å². The van der Waals surface area contributed by atoms with Gasteiger partial charge < -0.3 is 14.4 Å². The second-order valence-corrected chi connectivity index (χ2v) is 9.10. The number of carbonyl (C=O) groups is 2. The molecule has 1 aliphatic carbocycles. The summed E-state index contributed by atoms with van der Waals surface area (Å²) < 4.78 is 11.0. The summed E-state index contributed by atoms with van der Waals surface area (Å²) in [5, 5.41) is 16.2. The van der Waals surface area contributed by atoms with Crippen molar-refractivity contribution in [3.8, 4) is 22.5 Å². The van der Waals surface area contributed by atoms with E-state index in [1.165, 1.54) is 6.20 Å². The van der Waals surface area contributed by atoms with Gasteiger partial charge in [0.25, 0.3) is 0 Å². The molecule has 1 unspecified atom stereocenters. The average molecular weight is 503 g/mol. The molecule has 1 aromatic heterocycles. The number of aliphatic carboxylic acids is 1. The topological polar surface area (TPSA) is 102 Å². The largest absolute Gasteiger partial charge is 0.481 e. The fourth-order valence-electron chi connectivity index (χ4n) is 4.58. The van der Waals surface area contributed by atoms with Crippen LogP contribution in [0.25, 0.3) is 22.5 Å². The number of fused-ring (bicyclic) bond motifs is 3. The lowest BCUT2D eigenvalue weighted by Crippen LogP contribution is -2.16. The molecule has 0 saturated heterocycles. The average Bonchev–Trinajstić information content (AvgIpc) is 3.31. The van der Waals surface area contributed by atoms with Gasteiger partial charge in [-0.3, -0.25) is 10.1 Å². The Labute approximate surface area is 212 Å². The van der Waals surface area contributed by atoms with Crippen LogP contribution in [-0.4, -0.2) is 22.3 Å². The number of hydrogen-bond acceptors (Lipinski definition) is 5. The Morgan fingerprint density at radius 3 is 2.56 bits per heavy atom. The summed E-state index contributed by atoms with van der Waals surface area (Å²) in [6.07, 6.45) is 1.89. The van der Waals surface area contributed by atoms with E-state index < -0.39 is 18.2 Å². The number of hydrogen-bond donors (Lipinski definition) is 2. The van der Waals surface area contributed by atoms with Crippen LogP contribution in [0.3, 0.4) is 0 Å². The van der Waals surface area contributed by atoms with E-state index >= 15 is 0 Å². The summed E-state index contributed by atoms with van der Waals surface area (Å²) in [5.41, 5.74) is 7.19. The molecule has 8 heteroatoms. The molecule has 5 rings (SSSR count). The lowest BCUT2D eigenvalue weighted by molar-refractivity contribution is -0.136. The fourth-order valence-corrected chi connectivity index (χ4v) is 4.87. The van der Waals surface area contributed by atoms with Gasteiger partial charge in [0.05, 0.1) is 12.6 Å². The number of amides is 1. The first-order chi connectivity index (χ1) is 17.4. The van der Waals surface area contributed by atoms with Gasteiger partial charge in [-0.1, -0.05) is 65.3 Å². The first-order valence-electron chi connectivity index (χ1n) is 11.5. The third-order valence-corrected chi connectivity index (χ3v) is 6.62. The Bertz CT molecular complexity index is 1460. The van der Waals surface area contributed by atoms with E-state index in [1.54, 1.807) is 13.0 Å². The van der Waals surface area contributed by atoms with Gasteiger partial charge in [0.15, 0.2) is 5.76 Å². The number of nitrogens with zero attached hydrogens (tertiary/aromatic N) is 1. The summed E-state index contributed by atoms with van der Waals surface area (Å²) in [6.45, 7) is 1.75. The fraction of sp³-hybridized carbons (Fsp3) is 0.179. The second kappa shape index (κ2) is 9.87. The van der Waals surface area contributed by atoms with Crippen molar-refractivity contribution in [1.29, 1.82) is 0 Å². The van der Waals surface area contributed by atoms with Crippen LogP contribution < -0.4 is 5.32 Å². The second-order valence-electron chi connectivity index (χ2n) is 8.70. The minimum atomic E-state index is -0.838. The maximum absolute atomic E-state index is 12.6. The maximum Gasteiger partial charge on any atom is 0.412 e. The van der Waals surface area contributed by atoms with Crippen LogP contribution in [0.1, 0.15) is 35.3 Å². The van der Waals surface area contributed by atoms with Crippen molar-refractivity contribution in [2.45, 2.75) is 32.3 Å². The summed E-state index contributed by atoms with van der Waals surface area (Å²) >= 11 is 6.21. The van der Waals surface area contributed by atoms with Crippen molar-refractivity contribution >= 4 is 29.4 Å². The summed E-state index contributed by atoms with van der Waals surface area (Å²) in [7, 11) is 0. The van der Waals surface area contributed by atoms with Gasteiger partial charge >= 0.3 is 12.1 Å². The molecule has 0 aliphatic heterocycles. The molecule has 0 fully saturated rings. The Morgan fingerprint density at radius 1 is 1.08 bits per heavy atom. The molecule has 0 bridgehead atoms. The number of carboxylic acid groups (broad SMARTS) is 1. The molecule has 0 spiro atoms. The third kappa shape index (κ3) is 4.83. The molecule has 4 aromatic rings. The minimum absolute atomic E-state index is 0.0138. The van der Waals surface area contributed by atoms with Crippen molar-refractivity contribution in [2.75, 3.05) is 5.32 Å². The van der Waals surface area contributed by atoms with E-state index in [4.69, 9.17) is 26.0 Å². The van der Waals surface area contributed by atoms with E-state index in [9.17, 15) is 9.59 Å². The highest BCUT2D eigenvalue weighted by molar-refractivity contribution is 6.31. The van der Waals surface area contributed by atoms with Gasteiger partial charge in [-0.2, -0.15) is 0 Å². The zero-order chi connectivity index (χ0) is 25.2. The summed E-state index contributed by atoms with van der Waals surface area (Å²) in [6, 6.07) is 19.0. The minimum Gasteiger partial charge on any atom is -0.481 e. The predicted octanol–water partition coefficient (Wildman–Crippen LogP) is 6.70. The van der Waals surface area contributed by atoms with Crippen molar-refractivity contribution in [2.24, 2.45) is 0 Å². The highest BCUT2D eigenvalue weighted by Crippen LogP contribution is 2.38. The maximum atomic E-state index is 12.6. The molecule has 0 radical (unpaired) electrons. The molecule has 1 atom stereocenters. The zero-order valence-electron chi connectivity index (χ0n) is 19.5. The first kappa shape index (κ1) is 23.6. The number of nitrogens with one attached hydrogen (secondary N) is 1. The number of ether oxygens (including phenoxy) is 1. The molecule has 36 heavy (non-hydrogen) atoms. The molecule has 7 nitrogen and oxygen atoms in total. The Hall–Kier alpha value is -4.10. The van der Waals surface area contributed by atoms with E-state index in [0.29, 0.717) is 22.0 Å². The number of anilines is 1. The number of benzene rings is 3. The normalized spacial score (nSPS) is 12.8. The SMILES string of the molecule is CC(OC(=O)Nc1cnoc1-c1ccc2c(c1)CCc1cc(CC(=O)O)ccc1-2)c1ccccc1Cl. The van der Waals surface area contributed by atoms with Gasteiger partial charge in [0.2, 0.25) is 0 Å². The van der Waals surface area contributed by atoms with Crippen molar-refractivity contribution in [1.82, 2.24) is 5.16 Å². The molecular weight excluding hydrogens is 480 g/mol. The molecule has 1 amide bonds. The van der Waals surface area contributed by atoms with Gasteiger partial charge in [-0.15, -0.1) is 0 Å². The predicted molar refractivity (Wildman–Crippen MR) is 136 cm³/mol. The van der Waals surface area contributed by atoms with E-state index in [1.807, 2.05) is 54.6 Å². The number of carboxylic acids is 1. The molecule has 182 valence electrons. The lowest BCUT2D eigenvalue weighted by atomic mass is 9.83. The molecular formula is C28H23ClN2O5. The molecule has 0 saturated carbocycles. The van der Waals surface area contributed by atoms with Crippen molar-refractivity contribution in [3.63, 3.8) is 0 Å². The highest BCUT2D eigenvalue weighted by atomic mass is 35.5. The van der Waals surface area contributed by atoms with Gasteiger partial charge in [-0.25, -0.2) is 4.79 Å². The zero-order valence-corrected chi connectivity index (χ0v) is 20.2. The number of aryl methyl sites for hydroxylation is 2.